The number of hydrogen-bond acceptors (Lipinski definition) is 6. The predicted molar refractivity (Wildman–Crippen MR) is 124 cm³/mol. The van der Waals surface area contributed by atoms with Crippen molar-refractivity contribution in [3.63, 3.8) is 0 Å². The third-order valence-corrected chi connectivity index (χ3v) is 5.81. The van der Waals surface area contributed by atoms with Crippen LogP contribution >= 0.6 is 11.3 Å². The number of anilines is 1. The van der Waals surface area contributed by atoms with Gasteiger partial charge in [0.1, 0.15) is 5.60 Å². The quantitative estimate of drug-likeness (QED) is 0.688. The van der Waals surface area contributed by atoms with Crippen molar-refractivity contribution in [2.45, 2.75) is 58.6 Å². The van der Waals surface area contributed by atoms with Crippen LogP contribution in [0.2, 0.25) is 0 Å². The fraction of sp³-hybridized carbons (Fsp3) is 0.522. The summed E-state index contributed by atoms with van der Waals surface area (Å²) < 4.78 is 5.32. The van der Waals surface area contributed by atoms with Gasteiger partial charge in [-0.2, -0.15) is 0 Å². The van der Waals surface area contributed by atoms with Crippen LogP contribution in [0.15, 0.2) is 29.6 Å². The minimum atomic E-state index is -0.526. The lowest BCUT2D eigenvalue weighted by Crippen LogP contribution is -2.49. The highest BCUT2D eigenvalue weighted by atomic mass is 32.1. The average Bonchev–Trinajstić information content (AvgIpc) is 3.12. The van der Waals surface area contributed by atoms with E-state index in [1.807, 2.05) is 57.3 Å². The zero-order valence-corrected chi connectivity index (χ0v) is 19.6. The number of nitrogens with zero attached hydrogens (tertiary/aromatic N) is 2. The third kappa shape index (κ3) is 7.33. The molecular weight excluding hydrogens is 412 g/mol. The lowest BCUT2D eigenvalue weighted by molar-refractivity contribution is -0.118. The molecule has 0 bridgehead atoms. The molecule has 2 aromatic rings. The van der Waals surface area contributed by atoms with Gasteiger partial charge in [-0.25, -0.2) is 9.78 Å². The Labute approximate surface area is 188 Å². The highest BCUT2D eigenvalue weighted by molar-refractivity contribution is 7.09. The molecule has 0 saturated carbocycles. The first kappa shape index (κ1) is 23.2. The molecule has 1 aliphatic rings. The number of benzene rings is 1. The van der Waals surface area contributed by atoms with E-state index in [1.165, 1.54) is 0 Å². The van der Waals surface area contributed by atoms with Crippen LogP contribution in [0.1, 0.15) is 45.0 Å². The van der Waals surface area contributed by atoms with E-state index in [0.717, 1.165) is 47.8 Å². The van der Waals surface area contributed by atoms with E-state index in [0.29, 0.717) is 13.1 Å². The minimum Gasteiger partial charge on any atom is -0.444 e. The van der Waals surface area contributed by atoms with Crippen molar-refractivity contribution in [1.29, 1.82) is 0 Å². The number of rotatable bonds is 6. The number of carbonyl (C=O) groups is 2. The molecule has 0 spiro atoms. The molecule has 2 heterocycles. The summed E-state index contributed by atoms with van der Waals surface area (Å²) in [5, 5.41) is 8.89. The van der Waals surface area contributed by atoms with Gasteiger partial charge in [0.2, 0.25) is 5.91 Å². The average molecular weight is 445 g/mol. The summed E-state index contributed by atoms with van der Waals surface area (Å²) in [6, 6.07) is 7.88. The normalized spacial score (nSPS) is 17.2. The van der Waals surface area contributed by atoms with E-state index >= 15 is 0 Å². The van der Waals surface area contributed by atoms with E-state index in [2.05, 4.69) is 20.5 Å². The van der Waals surface area contributed by atoms with Gasteiger partial charge in [0, 0.05) is 29.2 Å². The maximum Gasteiger partial charge on any atom is 0.407 e. The number of hydrogen-bond donors (Lipinski definition) is 2. The summed E-state index contributed by atoms with van der Waals surface area (Å²) in [7, 11) is 0. The van der Waals surface area contributed by atoms with Gasteiger partial charge < -0.3 is 15.4 Å². The Kier molecular flexibility index (Phi) is 7.67. The molecular formula is C23H32N4O3S. The Bertz CT molecular complexity index is 906. The van der Waals surface area contributed by atoms with Crippen molar-refractivity contribution in [3.8, 4) is 11.3 Å². The topological polar surface area (TPSA) is 83.6 Å². The van der Waals surface area contributed by atoms with Gasteiger partial charge in [-0.3, -0.25) is 9.69 Å². The van der Waals surface area contributed by atoms with Gasteiger partial charge in [0.15, 0.2) is 0 Å². The molecule has 1 unspecified atom stereocenters. The number of aromatic nitrogens is 1. The molecule has 3 rings (SSSR count). The largest absolute Gasteiger partial charge is 0.444 e. The second-order valence-corrected chi connectivity index (χ2v) is 9.95. The number of amides is 2. The summed E-state index contributed by atoms with van der Waals surface area (Å²) in [4.78, 5) is 31.4. The molecule has 31 heavy (non-hydrogen) atoms. The SMILES string of the molecule is Cc1nc(-c2cccc(NC(=O)CN3CCCCC3CNC(=O)OC(C)(C)C)c2)cs1. The summed E-state index contributed by atoms with van der Waals surface area (Å²) in [6.07, 6.45) is 2.67. The van der Waals surface area contributed by atoms with E-state index in [9.17, 15) is 9.59 Å². The molecule has 2 N–H and O–H groups in total. The number of carbonyl (C=O) groups excluding carboxylic acids is 2. The molecule has 8 heteroatoms. The summed E-state index contributed by atoms with van der Waals surface area (Å²) in [5.41, 5.74) is 2.14. The Morgan fingerprint density at radius 2 is 2.10 bits per heavy atom. The van der Waals surface area contributed by atoms with Gasteiger partial charge in [-0.05, 0) is 59.2 Å². The first-order valence-electron chi connectivity index (χ1n) is 10.7. The maximum absolute atomic E-state index is 12.7. The molecule has 1 saturated heterocycles. The van der Waals surface area contributed by atoms with E-state index in [-0.39, 0.29) is 11.9 Å². The first-order chi connectivity index (χ1) is 14.7. The van der Waals surface area contributed by atoms with Crippen molar-refractivity contribution in [2.24, 2.45) is 0 Å². The Morgan fingerprint density at radius 3 is 2.81 bits per heavy atom. The number of aryl methyl sites for hydroxylation is 1. The van der Waals surface area contributed by atoms with Crippen molar-refractivity contribution in [3.05, 3.63) is 34.7 Å². The maximum atomic E-state index is 12.7. The van der Waals surface area contributed by atoms with Crippen LogP contribution in [0.5, 0.6) is 0 Å². The third-order valence-electron chi connectivity index (χ3n) is 5.04. The lowest BCUT2D eigenvalue weighted by atomic mass is 10.0. The Balaban J connectivity index is 1.55. The zero-order chi connectivity index (χ0) is 22.4. The molecule has 2 amide bonds. The molecule has 1 atom stereocenters. The van der Waals surface area contributed by atoms with Crippen molar-refractivity contribution in [2.75, 3.05) is 25.0 Å². The molecule has 1 aromatic heterocycles. The monoisotopic (exact) mass is 444 g/mol. The molecule has 168 valence electrons. The number of alkyl carbamates (subject to hydrolysis) is 1. The fourth-order valence-corrected chi connectivity index (χ4v) is 4.27. The van der Waals surface area contributed by atoms with Gasteiger partial charge in [-0.15, -0.1) is 11.3 Å². The van der Waals surface area contributed by atoms with Crippen LogP contribution in [0.4, 0.5) is 10.5 Å². The first-order valence-corrected chi connectivity index (χ1v) is 11.6. The second-order valence-electron chi connectivity index (χ2n) is 8.88. The molecule has 1 aromatic carbocycles. The van der Waals surface area contributed by atoms with Crippen LogP contribution in [0.3, 0.4) is 0 Å². The van der Waals surface area contributed by atoms with Crippen LogP contribution in [0, 0.1) is 6.92 Å². The Hall–Kier alpha value is -2.45. The van der Waals surface area contributed by atoms with Gasteiger partial charge >= 0.3 is 6.09 Å². The number of likely N-dealkylation sites (tertiary alicyclic amines) is 1. The molecule has 1 fully saturated rings. The molecule has 0 aliphatic carbocycles. The molecule has 1 aliphatic heterocycles. The van der Waals surface area contributed by atoms with Crippen molar-refractivity contribution in [1.82, 2.24) is 15.2 Å². The van der Waals surface area contributed by atoms with Gasteiger partial charge in [-0.1, -0.05) is 18.6 Å². The highest BCUT2D eigenvalue weighted by Gasteiger charge is 2.25. The summed E-state index contributed by atoms with van der Waals surface area (Å²) >= 11 is 1.61. The Morgan fingerprint density at radius 1 is 1.29 bits per heavy atom. The van der Waals surface area contributed by atoms with Crippen LogP contribution in [0.25, 0.3) is 11.3 Å². The van der Waals surface area contributed by atoms with Gasteiger partial charge in [0.25, 0.3) is 0 Å². The number of thiazole rings is 1. The summed E-state index contributed by atoms with van der Waals surface area (Å²) in [5.74, 6) is -0.0595. The predicted octanol–water partition coefficient (Wildman–Crippen LogP) is 4.44. The number of nitrogens with one attached hydrogen (secondary N) is 2. The smallest absolute Gasteiger partial charge is 0.407 e. The number of piperidine rings is 1. The zero-order valence-electron chi connectivity index (χ0n) is 18.7. The van der Waals surface area contributed by atoms with Crippen LogP contribution in [-0.4, -0.2) is 53.2 Å². The van der Waals surface area contributed by atoms with E-state index in [4.69, 9.17) is 4.74 Å². The molecule has 0 radical (unpaired) electrons. The van der Waals surface area contributed by atoms with Crippen molar-refractivity contribution < 1.29 is 14.3 Å². The second kappa shape index (κ2) is 10.2. The highest BCUT2D eigenvalue weighted by Crippen LogP contribution is 2.24. The minimum absolute atomic E-state index is 0.0595. The van der Waals surface area contributed by atoms with Crippen LogP contribution < -0.4 is 10.6 Å². The number of ether oxygens (including phenoxy) is 1. The van der Waals surface area contributed by atoms with E-state index < -0.39 is 11.7 Å². The molecule has 7 nitrogen and oxygen atoms in total. The summed E-state index contributed by atoms with van der Waals surface area (Å²) in [6.45, 7) is 9.11. The van der Waals surface area contributed by atoms with Crippen molar-refractivity contribution >= 4 is 29.0 Å². The van der Waals surface area contributed by atoms with Gasteiger partial charge in [0.05, 0.1) is 17.2 Å². The fourth-order valence-electron chi connectivity index (χ4n) is 3.65. The van der Waals surface area contributed by atoms with E-state index in [1.54, 1.807) is 11.3 Å². The van der Waals surface area contributed by atoms with Crippen LogP contribution in [-0.2, 0) is 9.53 Å². The lowest BCUT2D eigenvalue weighted by Gasteiger charge is -2.35. The standard InChI is InChI=1S/C23H32N4O3S/c1-16-25-20(15-31-16)17-8-7-9-18(12-17)26-21(28)14-27-11-6-5-10-19(27)13-24-22(29)30-23(2,3)4/h7-9,12,15,19H,5-6,10-11,13-14H2,1-4H3,(H,24,29)(H,26,28).